The van der Waals surface area contributed by atoms with Gasteiger partial charge in [0.1, 0.15) is 0 Å². The fourth-order valence-electron chi connectivity index (χ4n) is 2.34. The van der Waals surface area contributed by atoms with Crippen molar-refractivity contribution in [1.29, 1.82) is 0 Å². The Morgan fingerprint density at radius 3 is 2.00 bits per heavy atom. The number of halogens is 2. The van der Waals surface area contributed by atoms with E-state index in [0.717, 1.165) is 33.2 Å². The van der Waals surface area contributed by atoms with Crippen molar-refractivity contribution >= 4 is 21.8 Å². The largest absolute Gasteiger partial charge is 2.00 e. The van der Waals surface area contributed by atoms with Gasteiger partial charge in [-0.3, -0.25) is 4.98 Å². The predicted octanol–water partition coefficient (Wildman–Crippen LogP) is -1.74. The first-order chi connectivity index (χ1) is 9.90. The van der Waals surface area contributed by atoms with Crippen LogP contribution in [0, 0.1) is 6.07 Å². The van der Waals surface area contributed by atoms with Crippen LogP contribution in [0.2, 0.25) is 0 Å². The molecule has 23 heavy (non-hydrogen) atoms. The van der Waals surface area contributed by atoms with Gasteiger partial charge < -0.3 is 38.9 Å². The van der Waals surface area contributed by atoms with Gasteiger partial charge >= 0.3 is 20.4 Å². The molecular formula is C18H11Br2N2Pd-. The Morgan fingerprint density at radius 2 is 1.26 bits per heavy atom. The second-order valence-electron chi connectivity index (χ2n) is 4.70. The standard InChI is InChI=1S/C18H11N2.2BrH.Pd/c1-3-7-15-13(5-1)9-11-17(19-15)18-12-10-14-6-2-4-8-16(14)20-18;;;/h1-11H;2*1H;/q-1;;;+2/p-2. The zero-order valence-corrected chi connectivity index (χ0v) is 16.5. The number of hydrogen-bond donors (Lipinski definition) is 0. The molecule has 0 spiro atoms. The van der Waals surface area contributed by atoms with Crippen molar-refractivity contribution in [3.8, 4) is 11.4 Å². The van der Waals surface area contributed by atoms with E-state index < -0.39 is 0 Å². The second-order valence-corrected chi connectivity index (χ2v) is 4.70. The van der Waals surface area contributed by atoms with E-state index in [4.69, 9.17) is 0 Å². The van der Waals surface area contributed by atoms with Gasteiger partial charge in [0.25, 0.3) is 0 Å². The van der Waals surface area contributed by atoms with Crippen LogP contribution in [0.3, 0.4) is 0 Å². The summed E-state index contributed by atoms with van der Waals surface area (Å²) in [6.07, 6.45) is 0. The number of benzene rings is 2. The number of aromatic nitrogens is 2. The maximum atomic E-state index is 4.66. The van der Waals surface area contributed by atoms with Gasteiger partial charge in [-0.05, 0) is 28.9 Å². The van der Waals surface area contributed by atoms with E-state index in [1.807, 2.05) is 54.6 Å². The van der Waals surface area contributed by atoms with Crippen LogP contribution in [-0.2, 0) is 20.4 Å². The Kier molecular flexibility index (Phi) is 7.50. The van der Waals surface area contributed by atoms with Gasteiger partial charge in [-0.2, -0.15) is 12.1 Å². The summed E-state index contributed by atoms with van der Waals surface area (Å²) < 4.78 is 0. The summed E-state index contributed by atoms with van der Waals surface area (Å²) in [5.41, 5.74) is 3.59. The van der Waals surface area contributed by atoms with E-state index in [2.05, 4.69) is 28.2 Å². The van der Waals surface area contributed by atoms with E-state index in [1.54, 1.807) is 0 Å². The molecule has 2 aromatic heterocycles. The van der Waals surface area contributed by atoms with E-state index in [0.29, 0.717) is 0 Å². The fourth-order valence-corrected chi connectivity index (χ4v) is 2.34. The first kappa shape index (κ1) is 19.9. The summed E-state index contributed by atoms with van der Waals surface area (Å²) in [5.74, 6) is 0. The molecule has 0 aliphatic carbocycles. The SMILES string of the molecule is [Br-].[Br-].[Pd+2].[c-]1cc2ccccc2nc1-c1ccc2ccccc2n1. The molecule has 2 heterocycles. The van der Waals surface area contributed by atoms with Gasteiger partial charge in [-0.25, -0.2) is 0 Å². The van der Waals surface area contributed by atoms with E-state index in [-0.39, 0.29) is 54.4 Å². The van der Waals surface area contributed by atoms with Crippen molar-refractivity contribution in [1.82, 2.24) is 9.97 Å². The summed E-state index contributed by atoms with van der Waals surface area (Å²) >= 11 is 0. The monoisotopic (exact) mass is 519 g/mol. The summed E-state index contributed by atoms with van der Waals surface area (Å²) in [6.45, 7) is 0. The number of hydrogen-bond acceptors (Lipinski definition) is 2. The van der Waals surface area contributed by atoms with Gasteiger partial charge in [0.05, 0.1) is 5.52 Å². The van der Waals surface area contributed by atoms with Crippen LogP contribution >= 0.6 is 0 Å². The molecule has 0 radical (unpaired) electrons. The molecular weight excluding hydrogens is 510 g/mol. The van der Waals surface area contributed by atoms with Crippen molar-refractivity contribution in [3.05, 3.63) is 72.8 Å². The molecule has 2 aromatic carbocycles. The quantitative estimate of drug-likeness (QED) is 0.220. The summed E-state index contributed by atoms with van der Waals surface area (Å²) in [6, 6.07) is 25.4. The van der Waals surface area contributed by atoms with Crippen molar-refractivity contribution in [2.75, 3.05) is 0 Å². The first-order valence-electron chi connectivity index (χ1n) is 6.54. The average molecular weight is 522 g/mol. The maximum Gasteiger partial charge on any atom is 2.00 e. The molecule has 4 aromatic rings. The van der Waals surface area contributed by atoms with Crippen LogP contribution in [-0.4, -0.2) is 9.97 Å². The Balaban J connectivity index is 0.000000882. The third kappa shape index (κ3) is 4.05. The van der Waals surface area contributed by atoms with Crippen molar-refractivity contribution in [2.24, 2.45) is 0 Å². The minimum Gasteiger partial charge on any atom is -1.00 e. The van der Waals surface area contributed by atoms with E-state index in [1.165, 1.54) is 0 Å². The molecule has 5 heteroatoms. The Labute approximate surface area is 169 Å². The first-order valence-corrected chi connectivity index (χ1v) is 6.54. The van der Waals surface area contributed by atoms with Crippen molar-refractivity contribution in [2.45, 2.75) is 0 Å². The van der Waals surface area contributed by atoms with Gasteiger partial charge in [0, 0.05) is 5.52 Å². The number of fused-ring (bicyclic) bond motifs is 2. The molecule has 0 aliphatic heterocycles. The summed E-state index contributed by atoms with van der Waals surface area (Å²) in [4.78, 5) is 9.29. The van der Waals surface area contributed by atoms with E-state index >= 15 is 0 Å². The van der Waals surface area contributed by atoms with Crippen molar-refractivity contribution < 1.29 is 54.4 Å². The van der Waals surface area contributed by atoms with Crippen LogP contribution in [0.4, 0.5) is 0 Å². The van der Waals surface area contributed by atoms with Crippen LogP contribution in [0.25, 0.3) is 33.2 Å². The molecule has 0 saturated heterocycles. The minimum absolute atomic E-state index is 0. The molecule has 0 bridgehead atoms. The molecule has 0 N–H and O–H groups in total. The Morgan fingerprint density at radius 1 is 0.652 bits per heavy atom. The minimum atomic E-state index is 0. The molecule has 0 fully saturated rings. The molecule has 0 saturated carbocycles. The molecule has 2 nitrogen and oxygen atoms in total. The molecule has 0 unspecified atom stereocenters. The summed E-state index contributed by atoms with van der Waals surface area (Å²) in [5, 5.41) is 2.23. The van der Waals surface area contributed by atoms with Crippen LogP contribution in [0.1, 0.15) is 0 Å². The summed E-state index contributed by atoms with van der Waals surface area (Å²) in [7, 11) is 0. The van der Waals surface area contributed by atoms with Gasteiger partial charge in [0.2, 0.25) is 0 Å². The number of para-hydroxylation sites is 2. The molecule has 4 rings (SSSR count). The topological polar surface area (TPSA) is 25.8 Å². The van der Waals surface area contributed by atoms with Crippen LogP contribution < -0.4 is 34.0 Å². The molecule has 0 amide bonds. The number of nitrogens with zero attached hydrogens (tertiary/aromatic N) is 2. The zero-order valence-electron chi connectivity index (χ0n) is 11.8. The predicted molar refractivity (Wildman–Crippen MR) is 81.3 cm³/mol. The third-order valence-corrected chi connectivity index (χ3v) is 3.37. The smallest absolute Gasteiger partial charge is 1.00 e. The van der Waals surface area contributed by atoms with Crippen LogP contribution in [0.5, 0.6) is 0 Å². The van der Waals surface area contributed by atoms with Gasteiger partial charge in [0.15, 0.2) is 0 Å². The second kappa shape index (κ2) is 8.66. The maximum absolute atomic E-state index is 4.66. The Bertz CT molecular complexity index is 851. The van der Waals surface area contributed by atoms with Crippen LogP contribution in [0.15, 0.2) is 66.7 Å². The molecule has 0 atom stereocenters. The van der Waals surface area contributed by atoms with Gasteiger partial charge in [-0.1, -0.05) is 47.9 Å². The van der Waals surface area contributed by atoms with Gasteiger partial charge in [-0.15, -0.1) is 6.07 Å². The number of pyridine rings is 2. The Hall–Kier alpha value is -1.12. The third-order valence-electron chi connectivity index (χ3n) is 3.37. The normalized spacial score (nSPS) is 9.57. The number of rotatable bonds is 1. The molecule has 118 valence electrons. The average Bonchev–Trinajstić information content (AvgIpc) is 2.54. The fraction of sp³-hybridized carbons (Fsp3) is 0. The zero-order chi connectivity index (χ0) is 13.4. The van der Waals surface area contributed by atoms with Crippen molar-refractivity contribution in [3.63, 3.8) is 0 Å². The van der Waals surface area contributed by atoms with E-state index in [9.17, 15) is 0 Å². The molecule has 0 aliphatic rings.